The number of aromatic nitrogens is 1. The Hall–Kier alpha value is -2.66. The van der Waals surface area contributed by atoms with Crippen molar-refractivity contribution < 1.29 is 9.53 Å². The first-order valence-corrected chi connectivity index (χ1v) is 11.7. The number of hydrogen-bond donors (Lipinski definition) is 0. The van der Waals surface area contributed by atoms with Crippen LogP contribution in [0.5, 0.6) is 5.75 Å². The predicted molar refractivity (Wildman–Crippen MR) is 128 cm³/mol. The van der Waals surface area contributed by atoms with Crippen LogP contribution in [-0.2, 0) is 13.2 Å². The number of ether oxygens (including phenoxy) is 1. The van der Waals surface area contributed by atoms with Gasteiger partial charge in [0.25, 0.3) is 5.91 Å². The van der Waals surface area contributed by atoms with E-state index in [0.29, 0.717) is 13.2 Å². The number of carbonyl (C=O) groups is 1. The third-order valence-electron chi connectivity index (χ3n) is 5.70. The molecule has 4 nitrogen and oxygen atoms in total. The molecule has 1 unspecified atom stereocenters. The number of nitrogens with zero attached hydrogens (tertiary/aromatic N) is 2. The molecule has 0 spiro atoms. The monoisotopic (exact) mass is 436 g/mol. The molecule has 0 aliphatic carbocycles. The minimum Gasteiger partial charge on any atom is -0.486 e. The number of aryl methyl sites for hydroxylation is 3. The van der Waals surface area contributed by atoms with Crippen LogP contribution in [0, 0.1) is 27.7 Å². The van der Waals surface area contributed by atoms with Crippen molar-refractivity contribution >= 4 is 17.2 Å². The number of hydrogen-bond acceptors (Lipinski definition) is 4. The van der Waals surface area contributed by atoms with Gasteiger partial charge in [-0.05, 0) is 75.9 Å². The smallest absolute Gasteiger partial charge is 0.254 e. The lowest BCUT2D eigenvalue weighted by Gasteiger charge is -2.28. The number of thiazole rings is 1. The summed E-state index contributed by atoms with van der Waals surface area (Å²) in [6, 6.07) is 12.1. The van der Waals surface area contributed by atoms with E-state index < -0.39 is 0 Å². The maximum Gasteiger partial charge on any atom is 0.254 e. The van der Waals surface area contributed by atoms with E-state index in [9.17, 15) is 4.79 Å². The fourth-order valence-electron chi connectivity index (χ4n) is 3.54. The molecular weight excluding hydrogens is 404 g/mol. The molecule has 0 fully saturated rings. The van der Waals surface area contributed by atoms with E-state index in [2.05, 4.69) is 46.8 Å². The van der Waals surface area contributed by atoms with Gasteiger partial charge in [-0.1, -0.05) is 30.7 Å². The van der Waals surface area contributed by atoms with Gasteiger partial charge in [-0.2, -0.15) is 0 Å². The highest BCUT2D eigenvalue weighted by molar-refractivity contribution is 7.09. The largest absolute Gasteiger partial charge is 0.486 e. The molecule has 0 bridgehead atoms. The van der Waals surface area contributed by atoms with E-state index in [-0.39, 0.29) is 11.9 Å². The summed E-state index contributed by atoms with van der Waals surface area (Å²) in [5, 5.41) is 2.95. The van der Waals surface area contributed by atoms with Crippen molar-refractivity contribution in [1.29, 1.82) is 0 Å². The lowest BCUT2D eigenvalue weighted by molar-refractivity contribution is 0.0669. The van der Waals surface area contributed by atoms with E-state index in [1.807, 2.05) is 41.5 Å². The fraction of sp³-hybridized carbons (Fsp3) is 0.385. The van der Waals surface area contributed by atoms with Crippen LogP contribution < -0.4 is 4.74 Å². The number of carbonyl (C=O) groups excluding carboxylic acids is 1. The molecule has 3 aromatic rings. The van der Waals surface area contributed by atoms with Crippen LogP contribution in [0.4, 0.5) is 0 Å². The highest BCUT2D eigenvalue weighted by Crippen LogP contribution is 2.25. The Morgan fingerprint density at radius 2 is 1.90 bits per heavy atom. The summed E-state index contributed by atoms with van der Waals surface area (Å²) in [4.78, 5) is 19.9. The Balaban J connectivity index is 1.72. The van der Waals surface area contributed by atoms with Crippen LogP contribution >= 0.6 is 11.3 Å². The van der Waals surface area contributed by atoms with E-state index >= 15 is 0 Å². The zero-order valence-corrected chi connectivity index (χ0v) is 20.2. The van der Waals surface area contributed by atoms with Crippen molar-refractivity contribution in [2.45, 2.75) is 67.2 Å². The molecule has 0 saturated carbocycles. The molecule has 5 heteroatoms. The van der Waals surface area contributed by atoms with Gasteiger partial charge in [-0.25, -0.2) is 4.98 Å². The minimum absolute atomic E-state index is 0.0507. The summed E-state index contributed by atoms with van der Waals surface area (Å²) < 4.78 is 6.07. The van der Waals surface area contributed by atoms with Gasteiger partial charge in [-0.15, -0.1) is 11.3 Å². The van der Waals surface area contributed by atoms with Crippen LogP contribution in [0.25, 0.3) is 0 Å². The van der Waals surface area contributed by atoms with Crippen LogP contribution in [-0.4, -0.2) is 21.8 Å². The second-order valence-corrected chi connectivity index (χ2v) is 9.23. The van der Waals surface area contributed by atoms with E-state index in [0.717, 1.165) is 39.6 Å². The van der Waals surface area contributed by atoms with Crippen molar-refractivity contribution in [3.63, 3.8) is 0 Å². The molecule has 0 radical (unpaired) electrons. The fourth-order valence-corrected chi connectivity index (χ4v) is 4.24. The van der Waals surface area contributed by atoms with Crippen molar-refractivity contribution in [2.75, 3.05) is 0 Å². The molecule has 1 amide bonds. The number of rotatable bonds is 8. The van der Waals surface area contributed by atoms with Gasteiger partial charge in [0.2, 0.25) is 0 Å². The van der Waals surface area contributed by atoms with Crippen LogP contribution in [0.3, 0.4) is 0 Å². The Bertz CT molecular complexity index is 1060. The Morgan fingerprint density at radius 3 is 2.61 bits per heavy atom. The summed E-state index contributed by atoms with van der Waals surface area (Å²) in [6.07, 6.45) is 0.893. The van der Waals surface area contributed by atoms with Gasteiger partial charge in [0.1, 0.15) is 17.4 Å². The van der Waals surface area contributed by atoms with E-state index in [1.54, 1.807) is 11.3 Å². The molecule has 1 aromatic heterocycles. The van der Waals surface area contributed by atoms with Gasteiger partial charge >= 0.3 is 0 Å². The molecule has 0 aliphatic heterocycles. The first-order valence-electron chi connectivity index (χ1n) is 10.8. The summed E-state index contributed by atoms with van der Waals surface area (Å²) in [5.41, 5.74) is 6.30. The van der Waals surface area contributed by atoms with Crippen molar-refractivity contribution in [3.8, 4) is 5.75 Å². The van der Waals surface area contributed by atoms with E-state index in [4.69, 9.17) is 9.72 Å². The lowest BCUT2D eigenvalue weighted by Crippen LogP contribution is -2.38. The second kappa shape index (κ2) is 10.1. The highest BCUT2D eigenvalue weighted by atomic mass is 32.1. The first-order chi connectivity index (χ1) is 14.8. The van der Waals surface area contributed by atoms with Gasteiger partial charge in [0.05, 0.1) is 12.2 Å². The first kappa shape index (κ1) is 23.0. The SMILES string of the molecule is CCC(C)N(Cc1csc(COc2cc(C)cc(C)c2C)n1)C(=O)c1cccc(C)c1. The zero-order valence-electron chi connectivity index (χ0n) is 19.4. The number of amides is 1. The molecule has 0 saturated heterocycles. The van der Waals surface area contributed by atoms with Crippen LogP contribution in [0.15, 0.2) is 41.8 Å². The topological polar surface area (TPSA) is 42.4 Å². The van der Waals surface area contributed by atoms with Crippen molar-refractivity contribution in [3.05, 3.63) is 80.3 Å². The standard InChI is InChI=1S/C26H32N2O2S/c1-7-20(5)28(26(29)22-10-8-9-17(2)12-22)14-23-16-31-25(27-23)15-30-24-13-18(3)11-19(4)21(24)6/h8-13,16,20H,7,14-15H2,1-6H3. The average Bonchev–Trinajstić information content (AvgIpc) is 3.20. The molecule has 1 heterocycles. The quantitative estimate of drug-likeness (QED) is 0.410. The normalized spacial score (nSPS) is 11.9. The molecule has 0 N–H and O–H groups in total. The summed E-state index contributed by atoms with van der Waals surface area (Å²) >= 11 is 1.58. The van der Waals surface area contributed by atoms with Crippen LogP contribution in [0.1, 0.15) is 63.6 Å². The van der Waals surface area contributed by atoms with Gasteiger partial charge in [-0.3, -0.25) is 4.79 Å². The van der Waals surface area contributed by atoms with Crippen molar-refractivity contribution in [1.82, 2.24) is 9.88 Å². The van der Waals surface area contributed by atoms with Crippen molar-refractivity contribution in [2.24, 2.45) is 0 Å². The molecule has 2 aromatic carbocycles. The van der Waals surface area contributed by atoms with E-state index in [1.165, 1.54) is 11.1 Å². The third kappa shape index (κ3) is 5.73. The van der Waals surface area contributed by atoms with Gasteiger partial charge in [0, 0.05) is 17.0 Å². The molecule has 31 heavy (non-hydrogen) atoms. The maximum atomic E-state index is 13.2. The summed E-state index contributed by atoms with van der Waals surface area (Å²) in [6.45, 7) is 13.4. The van der Waals surface area contributed by atoms with Gasteiger partial charge in [0.15, 0.2) is 0 Å². The summed E-state index contributed by atoms with van der Waals surface area (Å²) in [7, 11) is 0. The predicted octanol–water partition coefficient (Wildman–Crippen LogP) is 6.40. The number of benzene rings is 2. The minimum atomic E-state index is 0.0507. The molecule has 1 atom stereocenters. The third-order valence-corrected chi connectivity index (χ3v) is 6.57. The Morgan fingerprint density at radius 1 is 1.13 bits per heavy atom. The molecule has 164 valence electrons. The Labute approximate surface area is 189 Å². The average molecular weight is 437 g/mol. The van der Waals surface area contributed by atoms with Crippen LogP contribution in [0.2, 0.25) is 0 Å². The highest BCUT2D eigenvalue weighted by Gasteiger charge is 2.22. The lowest BCUT2D eigenvalue weighted by atomic mass is 10.1. The second-order valence-electron chi connectivity index (χ2n) is 8.29. The van der Waals surface area contributed by atoms with Gasteiger partial charge < -0.3 is 9.64 Å². The summed E-state index contributed by atoms with van der Waals surface area (Å²) in [5.74, 6) is 0.958. The molecule has 0 aliphatic rings. The zero-order chi connectivity index (χ0) is 22.5. The molecular formula is C26H32N2O2S. The maximum absolute atomic E-state index is 13.2. The Kier molecular flexibility index (Phi) is 7.50. The molecule has 3 rings (SSSR count).